The summed E-state index contributed by atoms with van der Waals surface area (Å²) in [6.07, 6.45) is 2.18. The largest absolute Gasteiger partial charge is 0.493 e. The van der Waals surface area contributed by atoms with Gasteiger partial charge in [-0.2, -0.15) is 4.31 Å². The second kappa shape index (κ2) is 11.7. The fourth-order valence-corrected chi connectivity index (χ4v) is 4.92. The van der Waals surface area contributed by atoms with E-state index < -0.39 is 15.9 Å². The van der Waals surface area contributed by atoms with Crippen molar-refractivity contribution >= 4 is 21.6 Å². The highest BCUT2D eigenvalue weighted by Gasteiger charge is 2.24. The quantitative estimate of drug-likeness (QED) is 0.463. The molecule has 0 unspecified atom stereocenters. The summed E-state index contributed by atoms with van der Waals surface area (Å²) < 4.78 is 43.7. The summed E-state index contributed by atoms with van der Waals surface area (Å²) in [6.45, 7) is 10.1. The SMILES string of the molecule is C=CCc1cc(C(=O)Nc2cc(S(=O)(=O)N(CC)CC)ccc2OCC)cc(OC)c1OC. The van der Waals surface area contributed by atoms with E-state index in [1.54, 1.807) is 38.1 Å². The highest BCUT2D eigenvalue weighted by atomic mass is 32.2. The third-order valence-corrected chi connectivity index (χ3v) is 7.07. The van der Waals surface area contributed by atoms with Crippen LogP contribution in [-0.4, -0.2) is 52.5 Å². The van der Waals surface area contributed by atoms with Crippen molar-refractivity contribution in [2.45, 2.75) is 32.1 Å². The third-order valence-electron chi connectivity index (χ3n) is 5.02. The Balaban J connectivity index is 2.52. The fraction of sp³-hybridized carbons (Fsp3) is 0.375. The fourth-order valence-electron chi connectivity index (χ4n) is 3.44. The van der Waals surface area contributed by atoms with Crippen LogP contribution < -0.4 is 19.5 Å². The molecule has 0 heterocycles. The Labute approximate surface area is 196 Å². The van der Waals surface area contributed by atoms with Crippen LogP contribution in [0.15, 0.2) is 47.9 Å². The number of hydrogen-bond donors (Lipinski definition) is 1. The molecule has 0 bridgehead atoms. The van der Waals surface area contributed by atoms with Crippen molar-refractivity contribution in [2.24, 2.45) is 0 Å². The zero-order valence-electron chi connectivity index (χ0n) is 19.8. The van der Waals surface area contributed by atoms with E-state index in [0.29, 0.717) is 48.9 Å². The molecule has 0 aliphatic carbocycles. The number of carbonyl (C=O) groups excluding carboxylic acids is 1. The second-order valence-corrected chi connectivity index (χ2v) is 8.94. The number of anilines is 1. The van der Waals surface area contributed by atoms with Gasteiger partial charge in [0, 0.05) is 24.2 Å². The Morgan fingerprint density at radius 3 is 2.30 bits per heavy atom. The number of ether oxygens (including phenoxy) is 3. The van der Waals surface area contributed by atoms with Gasteiger partial charge in [0.05, 0.1) is 31.4 Å². The van der Waals surface area contributed by atoms with Crippen LogP contribution in [0.1, 0.15) is 36.7 Å². The number of benzene rings is 2. The van der Waals surface area contributed by atoms with Gasteiger partial charge in [0.15, 0.2) is 11.5 Å². The molecule has 0 atom stereocenters. The number of nitrogens with zero attached hydrogens (tertiary/aromatic N) is 1. The third kappa shape index (κ3) is 5.85. The number of hydrogen-bond acceptors (Lipinski definition) is 6. The normalized spacial score (nSPS) is 11.2. The smallest absolute Gasteiger partial charge is 0.255 e. The van der Waals surface area contributed by atoms with Gasteiger partial charge in [-0.15, -0.1) is 6.58 Å². The van der Waals surface area contributed by atoms with E-state index >= 15 is 0 Å². The molecule has 33 heavy (non-hydrogen) atoms. The molecule has 0 radical (unpaired) electrons. The number of amides is 1. The summed E-state index contributed by atoms with van der Waals surface area (Å²) in [5.74, 6) is 0.858. The van der Waals surface area contributed by atoms with Gasteiger partial charge in [0.2, 0.25) is 10.0 Å². The van der Waals surface area contributed by atoms with Crippen LogP contribution in [0.25, 0.3) is 0 Å². The Bertz CT molecular complexity index is 1090. The minimum Gasteiger partial charge on any atom is -0.493 e. The standard InChI is InChI=1S/C24H32N2O6S/c1-7-11-17-14-18(15-22(30-5)23(17)31-6)24(27)25-20-16-19(12-13-21(20)32-10-4)33(28,29)26(8-2)9-3/h7,12-16H,1,8-11H2,2-6H3,(H,25,27). The van der Waals surface area contributed by atoms with Crippen molar-refractivity contribution in [3.63, 3.8) is 0 Å². The van der Waals surface area contributed by atoms with Crippen LogP contribution in [0.3, 0.4) is 0 Å². The number of methoxy groups -OCH3 is 2. The van der Waals surface area contributed by atoms with Gasteiger partial charge in [-0.25, -0.2) is 8.42 Å². The Hall–Kier alpha value is -3.04. The van der Waals surface area contributed by atoms with Crippen molar-refractivity contribution in [2.75, 3.05) is 39.2 Å². The van der Waals surface area contributed by atoms with E-state index in [9.17, 15) is 13.2 Å². The van der Waals surface area contributed by atoms with Gasteiger partial charge < -0.3 is 19.5 Å². The summed E-state index contributed by atoms with van der Waals surface area (Å²) in [5.41, 5.74) is 1.32. The average Bonchev–Trinajstić information content (AvgIpc) is 2.80. The van der Waals surface area contributed by atoms with Gasteiger partial charge in [-0.1, -0.05) is 19.9 Å². The number of allylic oxidation sites excluding steroid dienone is 1. The van der Waals surface area contributed by atoms with Crippen LogP contribution in [0.4, 0.5) is 5.69 Å². The van der Waals surface area contributed by atoms with Crippen LogP contribution in [-0.2, 0) is 16.4 Å². The summed E-state index contributed by atoms with van der Waals surface area (Å²) in [6, 6.07) is 7.70. The zero-order valence-corrected chi connectivity index (χ0v) is 20.6. The number of sulfonamides is 1. The summed E-state index contributed by atoms with van der Waals surface area (Å²) >= 11 is 0. The Kier molecular flexibility index (Phi) is 9.31. The summed E-state index contributed by atoms with van der Waals surface area (Å²) in [4.78, 5) is 13.2. The minimum atomic E-state index is -3.71. The van der Waals surface area contributed by atoms with Crippen LogP contribution in [0.5, 0.6) is 17.2 Å². The molecule has 8 nitrogen and oxygen atoms in total. The molecule has 0 saturated heterocycles. The monoisotopic (exact) mass is 476 g/mol. The molecule has 1 N–H and O–H groups in total. The number of carbonyl (C=O) groups is 1. The average molecular weight is 477 g/mol. The van der Waals surface area contributed by atoms with E-state index in [0.717, 1.165) is 5.56 Å². The highest BCUT2D eigenvalue weighted by Crippen LogP contribution is 2.34. The molecule has 2 rings (SSSR count). The van der Waals surface area contributed by atoms with Crippen molar-refractivity contribution in [3.05, 3.63) is 54.1 Å². The lowest BCUT2D eigenvalue weighted by atomic mass is 10.0. The maximum atomic E-state index is 13.2. The summed E-state index contributed by atoms with van der Waals surface area (Å²) in [7, 11) is -0.691. The molecule has 0 saturated carbocycles. The van der Waals surface area contributed by atoms with Gasteiger partial charge in [-0.3, -0.25) is 4.79 Å². The molecule has 180 valence electrons. The number of nitrogens with one attached hydrogen (secondary N) is 1. The van der Waals surface area contributed by atoms with Crippen LogP contribution in [0, 0.1) is 0 Å². The lowest BCUT2D eigenvalue weighted by Crippen LogP contribution is -2.30. The van der Waals surface area contributed by atoms with Gasteiger partial charge in [0.25, 0.3) is 5.91 Å². The first-order valence-corrected chi connectivity index (χ1v) is 12.1. The van der Waals surface area contributed by atoms with E-state index in [4.69, 9.17) is 14.2 Å². The van der Waals surface area contributed by atoms with Crippen molar-refractivity contribution < 1.29 is 27.4 Å². The molecule has 1 amide bonds. The molecular weight excluding hydrogens is 444 g/mol. The second-order valence-electron chi connectivity index (χ2n) is 7.00. The van der Waals surface area contributed by atoms with Crippen molar-refractivity contribution in [1.29, 1.82) is 0 Å². The highest BCUT2D eigenvalue weighted by molar-refractivity contribution is 7.89. The molecule has 0 aromatic heterocycles. The number of rotatable bonds is 12. The van der Waals surface area contributed by atoms with Crippen LogP contribution in [0.2, 0.25) is 0 Å². The lowest BCUT2D eigenvalue weighted by molar-refractivity contribution is 0.102. The Morgan fingerprint density at radius 2 is 1.76 bits per heavy atom. The first-order chi connectivity index (χ1) is 15.8. The molecular formula is C24H32N2O6S. The van der Waals surface area contributed by atoms with Gasteiger partial charge in [0.1, 0.15) is 5.75 Å². The Morgan fingerprint density at radius 1 is 1.06 bits per heavy atom. The molecule has 9 heteroatoms. The van der Waals surface area contributed by atoms with Crippen molar-refractivity contribution in [1.82, 2.24) is 4.31 Å². The van der Waals surface area contributed by atoms with E-state index in [1.807, 2.05) is 6.92 Å². The molecule has 0 spiro atoms. The van der Waals surface area contributed by atoms with Crippen LogP contribution >= 0.6 is 0 Å². The van der Waals surface area contributed by atoms with Gasteiger partial charge >= 0.3 is 0 Å². The maximum absolute atomic E-state index is 13.2. The first kappa shape index (κ1) is 26.2. The maximum Gasteiger partial charge on any atom is 0.255 e. The van der Waals surface area contributed by atoms with E-state index in [1.165, 1.54) is 30.7 Å². The molecule has 2 aromatic carbocycles. The minimum absolute atomic E-state index is 0.0737. The van der Waals surface area contributed by atoms with Gasteiger partial charge in [-0.05, 0) is 43.7 Å². The van der Waals surface area contributed by atoms with Crippen molar-refractivity contribution in [3.8, 4) is 17.2 Å². The predicted octanol–water partition coefficient (Wildman–Crippen LogP) is 4.11. The predicted molar refractivity (Wildman–Crippen MR) is 129 cm³/mol. The summed E-state index contributed by atoms with van der Waals surface area (Å²) in [5, 5.41) is 2.79. The lowest BCUT2D eigenvalue weighted by Gasteiger charge is -2.20. The molecule has 0 aliphatic rings. The topological polar surface area (TPSA) is 94.2 Å². The van der Waals surface area contributed by atoms with E-state index in [-0.39, 0.29) is 10.6 Å². The molecule has 0 aliphatic heterocycles. The van der Waals surface area contributed by atoms with E-state index in [2.05, 4.69) is 11.9 Å². The molecule has 2 aromatic rings. The molecule has 0 fully saturated rings. The zero-order chi connectivity index (χ0) is 24.6. The first-order valence-electron chi connectivity index (χ1n) is 10.7.